The van der Waals surface area contributed by atoms with Crippen LogP contribution in [0.2, 0.25) is 0 Å². The minimum absolute atomic E-state index is 0.0680. The highest BCUT2D eigenvalue weighted by Crippen LogP contribution is 2.26. The molecule has 1 fully saturated rings. The molecule has 2 aromatic rings. The Bertz CT molecular complexity index is 776. The molecule has 0 aromatic heterocycles. The average Bonchev–Trinajstić information content (AvgIpc) is 3.27. The molecule has 1 amide bonds. The molecule has 2 aromatic carbocycles. The molecule has 1 heterocycles. The molecule has 156 valence electrons. The molecule has 6 heteroatoms. The molecule has 0 saturated carbocycles. The fourth-order valence-electron chi connectivity index (χ4n) is 3.61. The van der Waals surface area contributed by atoms with Crippen molar-refractivity contribution < 1.29 is 14.3 Å². The van der Waals surface area contributed by atoms with Gasteiger partial charge >= 0.3 is 0 Å². The third-order valence-corrected chi connectivity index (χ3v) is 5.87. The van der Waals surface area contributed by atoms with Gasteiger partial charge in [-0.3, -0.25) is 9.69 Å². The summed E-state index contributed by atoms with van der Waals surface area (Å²) in [5.41, 5.74) is 1.21. The molecular formula is C23H29BrN2O3. The fraction of sp³-hybridized carbons (Fsp3) is 0.435. The van der Waals surface area contributed by atoms with E-state index in [1.54, 1.807) is 7.11 Å². The molecular weight excluding hydrogens is 432 g/mol. The van der Waals surface area contributed by atoms with Gasteiger partial charge in [0.2, 0.25) is 5.91 Å². The van der Waals surface area contributed by atoms with Crippen molar-refractivity contribution in [3.63, 3.8) is 0 Å². The summed E-state index contributed by atoms with van der Waals surface area (Å²) < 4.78 is 11.9. The Labute approximate surface area is 181 Å². The van der Waals surface area contributed by atoms with Crippen molar-refractivity contribution in [2.45, 2.75) is 31.7 Å². The summed E-state index contributed by atoms with van der Waals surface area (Å²) in [5, 5.41) is 3.12. The van der Waals surface area contributed by atoms with Gasteiger partial charge < -0.3 is 14.8 Å². The van der Waals surface area contributed by atoms with Gasteiger partial charge in [-0.25, -0.2) is 0 Å². The van der Waals surface area contributed by atoms with E-state index >= 15 is 0 Å². The van der Waals surface area contributed by atoms with Crippen LogP contribution in [0, 0.1) is 0 Å². The Morgan fingerprint density at radius 3 is 2.55 bits per heavy atom. The van der Waals surface area contributed by atoms with Crippen molar-refractivity contribution in [3.05, 3.63) is 58.6 Å². The second-order valence-electron chi connectivity index (χ2n) is 7.22. The molecule has 1 unspecified atom stereocenters. The van der Waals surface area contributed by atoms with Crippen molar-refractivity contribution in [2.24, 2.45) is 0 Å². The van der Waals surface area contributed by atoms with Gasteiger partial charge in [-0.2, -0.15) is 0 Å². The number of hydrogen-bond donors (Lipinski definition) is 1. The highest BCUT2D eigenvalue weighted by Gasteiger charge is 2.24. The number of carbonyl (C=O) groups excluding carboxylic acids is 1. The van der Waals surface area contributed by atoms with Crippen LogP contribution >= 0.6 is 15.9 Å². The summed E-state index contributed by atoms with van der Waals surface area (Å²) >= 11 is 3.46. The second kappa shape index (κ2) is 11.2. The number of hydrogen-bond acceptors (Lipinski definition) is 4. The number of halogens is 1. The average molecular weight is 461 g/mol. The van der Waals surface area contributed by atoms with Crippen LogP contribution in [0.1, 0.15) is 37.3 Å². The van der Waals surface area contributed by atoms with E-state index in [2.05, 4.69) is 38.3 Å². The van der Waals surface area contributed by atoms with Crippen LogP contribution in [-0.2, 0) is 4.79 Å². The number of likely N-dealkylation sites (tertiary alicyclic amines) is 1. The first kappa shape index (κ1) is 21.7. The molecule has 0 bridgehead atoms. The topological polar surface area (TPSA) is 50.8 Å². The van der Waals surface area contributed by atoms with Crippen LogP contribution in [0.5, 0.6) is 11.5 Å². The first-order chi connectivity index (χ1) is 14.2. The van der Waals surface area contributed by atoms with E-state index in [-0.39, 0.29) is 11.9 Å². The van der Waals surface area contributed by atoms with Crippen LogP contribution in [-0.4, -0.2) is 44.2 Å². The molecule has 1 aliphatic heterocycles. The monoisotopic (exact) mass is 460 g/mol. The van der Waals surface area contributed by atoms with Gasteiger partial charge in [0, 0.05) is 13.0 Å². The maximum atomic E-state index is 12.4. The minimum atomic E-state index is 0.0680. The predicted octanol–water partition coefficient (Wildman–Crippen LogP) is 4.57. The van der Waals surface area contributed by atoms with Gasteiger partial charge in [-0.05, 0) is 78.1 Å². The third kappa shape index (κ3) is 6.47. The van der Waals surface area contributed by atoms with E-state index < -0.39 is 0 Å². The molecule has 5 nitrogen and oxygen atoms in total. The van der Waals surface area contributed by atoms with Crippen LogP contribution in [0.15, 0.2) is 53.0 Å². The molecule has 3 rings (SSSR count). The second-order valence-corrected chi connectivity index (χ2v) is 8.07. The number of amides is 1. The van der Waals surface area contributed by atoms with Gasteiger partial charge in [0.15, 0.2) is 0 Å². The first-order valence-electron chi connectivity index (χ1n) is 10.2. The number of carbonyl (C=O) groups is 1. The zero-order valence-corrected chi connectivity index (χ0v) is 18.5. The number of para-hydroxylation sites is 1. The smallest absolute Gasteiger partial charge is 0.220 e. The zero-order chi connectivity index (χ0) is 20.5. The van der Waals surface area contributed by atoms with E-state index in [1.807, 2.05) is 36.4 Å². The number of nitrogens with zero attached hydrogens (tertiary/aromatic N) is 1. The normalized spacial score (nSPS) is 15.1. The van der Waals surface area contributed by atoms with Crippen molar-refractivity contribution in [1.29, 1.82) is 0 Å². The fourth-order valence-corrected chi connectivity index (χ4v) is 4.01. The maximum absolute atomic E-state index is 12.4. The Kier molecular flexibility index (Phi) is 8.38. The molecule has 0 radical (unpaired) electrons. The van der Waals surface area contributed by atoms with Crippen molar-refractivity contribution in [1.82, 2.24) is 10.2 Å². The highest BCUT2D eigenvalue weighted by molar-refractivity contribution is 9.10. The Hall–Kier alpha value is -2.05. The number of nitrogens with one attached hydrogen (secondary N) is 1. The van der Waals surface area contributed by atoms with Crippen molar-refractivity contribution >= 4 is 21.8 Å². The lowest BCUT2D eigenvalue weighted by Gasteiger charge is -2.28. The number of methoxy groups -OCH3 is 1. The van der Waals surface area contributed by atoms with E-state index in [9.17, 15) is 4.79 Å². The molecule has 1 N–H and O–H groups in total. The van der Waals surface area contributed by atoms with Crippen LogP contribution in [0.25, 0.3) is 0 Å². The minimum Gasteiger partial charge on any atom is -0.497 e. The zero-order valence-electron chi connectivity index (χ0n) is 16.9. The molecule has 1 saturated heterocycles. The quantitative estimate of drug-likeness (QED) is 0.527. The first-order valence-corrected chi connectivity index (χ1v) is 11.0. The van der Waals surface area contributed by atoms with Gasteiger partial charge in [0.05, 0.1) is 24.2 Å². The molecule has 0 aliphatic carbocycles. The van der Waals surface area contributed by atoms with Crippen LogP contribution in [0.4, 0.5) is 0 Å². The van der Waals surface area contributed by atoms with Gasteiger partial charge in [0.25, 0.3) is 0 Å². The summed E-state index contributed by atoms with van der Waals surface area (Å²) in [5.74, 6) is 1.72. The summed E-state index contributed by atoms with van der Waals surface area (Å²) in [4.78, 5) is 14.8. The lowest BCUT2D eigenvalue weighted by molar-refractivity contribution is -0.121. The Balaban J connectivity index is 1.46. The lowest BCUT2D eigenvalue weighted by atomic mass is 10.1. The molecule has 1 atom stereocenters. The van der Waals surface area contributed by atoms with Crippen molar-refractivity contribution in [2.75, 3.05) is 33.4 Å². The number of ether oxygens (including phenoxy) is 2. The van der Waals surface area contributed by atoms with Gasteiger partial charge in [-0.1, -0.05) is 24.3 Å². The highest BCUT2D eigenvalue weighted by atomic mass is 79.9. The van der Waals surface area contributed by atoms with E-state index in [4.69, 9.17) is 9.47 Å². The Morgan fingerprint density at radius 1 is 1.14 bits per heavy atom. The third-order valence-electron chi connectivity index (χ3n) is 5.22. The maximum Gasteiger partial charge on any atom is 0.220 e. The van der Waals surface area contributed by atoms with Crippen LogP contribution < -0.4 is 14.8 Å². The molecule has 0 spiro atoms. The number of benzene rings is 2. The summed E-state index contributed by atoms with van der Waals surface area (Å²) in [7, 11) is 1.67. The van der Waals surface area contributed by atoms with Gasteiger partial charge in [-0.15, -0.1) is 0 Å². The van der Waals surface area contributed by atoms with Gasteiger partial charge in [0.1, 0.15) is 11.5 Å². The lowest BCUT2D eigenvalue weighted by Crippen LogP contribution is -2.36. The largest absolute Gasteiger partial charge is 0.497 e. The van der Waals surface area contributed by atoms with E-state index in [0.717, 1.165) is 29.1 Å². The SMILES string of the molecule is COc1ccc(C(CNC(=O)CCCOc2ccccc2Br)N2CCCC2)cc1. The molecule has 29 heavy (non-hydrogen) atoms. The van der Waals surface area contributed by atoms with Crippen LogP contribution in [0.3, 0.4) is 0 Å². The van der Waals surface area contributed by atoms with E-state index in [0.29, 0.717) is 26.0 Å². The van der Waals surface area contributed by atoms with Crippen molar-refractivity contribution in [3.8, 4) is 11.5 Å². The summed E-state index contributed by atoms with van der Waals surface area (Å²) in [6, 6.07) is 16.1. The summed E-state index contributed by atoms with van der Waals surface area (Å²) in [6.07, 6.45) is 3.57. The molecule has 1 aliphatic rings. The Morgan fingerprint density at radius 2 is 1.86 bits per heavy atom. The predicted molar refractivity (Wildman–Crippen MR) is 118 cm³/mol. The summed E-state index contributed by atoms with van der Waals surface area (Å²) in [6.45, 7) is 3.29. The number of rotatable bonds is 10. The van der Waals surface area contributed by atoms with E-state index in [1.165, 1.54) is 18.4 Å². The standard InChI is InChI=1S/C23H29BrN2O3/c1-28-19-12-10-18(11-13-19)21(26-14-4-5-15-26)17-25-23(27)9-6-16-29-22-8-3-2-7-20(22)24/h2-3,7-8,10-13,21H,4-6,9,14-17H2,1H3,(H,25,27).